The molecule has 0 spiro atoms. The Bertz CT molecular complexity index is 578. The van der Waals surface area contributed by atoms with Gasteiger partial charge in [0, 0.05) is 6.07 Å². The molecule has 0 fully saturated rings. The van der Waals surface area contributed by atoms with Crippen molar-refractivity contribution in [2.24, 2.45) is 0 Å². The lowest BCUT2D eigenvalue weighted by Crippen LogP contribution is -1.93. The molecule has 0 bridgehead atoms. The van der Waals surface area contributed by atoms with E-state index < -0.39 is 0 Å². The molecule has 0 aliphatic carbocycles. The van der Waals surface area contributed by atoms with Gasteiger partial charge in [-0.15, -0.1) is 0 Å². The Morgan fingerprint density at radius 1 is 0.905 bits per heavy atom. The van der Waals surface area contributed by atoms with Crippen LogP contribution in [-0.2, 0) is 6.42 Å². The van der Waals surface area contributed by atoms with Crippen molar-refractivity contribution in [1.82, 2.24) is 0 Å². The predicted molar refractivity (Wildman–Crippen MR) is 84.1 cm³/mol. The number of rotatable bonds is 7. The first-order chi connectivity index (χ1) is 10.2. The highest BCUT2D eigenvalue weighted by molar-refractivity contribution is 5.47. The molecule has 21 heavy (non-hydrogen) atoms. The zero-order valence-electron chi connectivity index (χ0n) is 12.4. The van der Waals surface area contributed by atoms with Gasteiger partial charge < -0.3 is 14.9 Å². The third kappa shape index (κ3) is 4.42. The number of aryl methyl sites for hydroxylation is 1. The van der Waals surface area contributed by atoms with Crippen LogP contribution in [-0.4, -0.2) is 10.2 Å². The number of hydrogen-bond donors (Lipinski definition) is 2. The van der Waals surface area contributed by atoms with Crippen LogP contribution in [0.15, 0.2) is 42.5 Å². The molecule has 3 nitrogen and oxygen atoms in total. The molecule has 112 valence electrons. The second-order valence-corrected chi connectivity index (χ2v) is 5.17. The molecule has 2 N–H and O–H groups in total. The molecule has 0 radical (unpaired) electrons. The van der Waals surface area contributed by atoms with Crippen LogP contribution in [0.4, 0.5) is 0 Å². The van der Waals surface area contributed by atoms with E-state index in [1.165, 1.54) is 37.5 Å². The highest BCUT2D eigenvalue weighted by Gasteiger charge is 2.08. The molecule has 0 unspecified atom stereocenters. The van der Waals surface area contributed by atoms with Gasteiger partial charge in [0.25, 0.3) is 0 Å². The number of para-hydroxylation sites is 1. The first kappa shape index (κ1) is 15.2. The summed E-state index contributed by atoms with van der Waals surface area (Å²) in [5, 5.41) is 19.3. The maximum atomic E-state index is 9.80. The van der Waals surface area contributed by atoms with Gasteiger partial charge in [-0.25, -0.2) is 0 Å². The molecule has 3 heteroatoms. The minimum absolute atomic E-state index is 0.0218. The molecule has 0 saturated heterocycles. The van der Waals surface area contributed by atoms with E-state index in [1.807, 2.05) is 24.3 Å². The van der Waals surface area contributed by atoms with E-state index in [0.29, 0.717) is 0 Å². The van der Waals surface area contributed by atoms with Gasteiger partial charge in [-0.1, -0.05) is 44.4 Å². The molecule has 0 aliphatic rings. The first-order valence-electron chi connectivity index (χ1n) is 7.48. The summed E-state index contributed by atoms with van der Waals surface area (Å²) >= 11 is 0. The van der Waals surface area contributed by atoms with Crippen molar-refractivity contribution in [1.29, 1.82) is 0 Å². The lowest BCUT2D eigenvalue weighted by Gasteiger charge is -2.12. The Morgan fingerprint density at radius 3 is 2.52 bits per heavy atom. The molecule has 0 heterocycles. The average Bonchev–Trinajstić information content (AvgIpc) is 2.49. The molecule has 0 amide bonds. The number of ether oxygens (including phenoxy) is 1. The van der Waals surface area contributed by atoms with E-state index in [2.05, 4.69) is 6.92 Å². The van der Waals surface area contributed by atoms with E-state index in [0.717, 1.165) is 24.2 Å². The van der Waals surface area contributed by atoms with Crippen LogP contribution in [0.2, 0.25) is 0 Å². The van der Waals surface area contributed by atoms with Crippen LogP contribution < -0.4 is 4.74 Å². The van der Waals surface area contributed by atoms with Crippen molar-refractivity contribution >= 4 is 0 Å². The number of benzene rings is 2. The van der Waals surface area contributed by atoms with E-state index >= 15 is 0 Å². The Morgan fingerprint density at radius 2 is 1.71 bits per heavy atom. The SMILES string of the molecule is CCCCCCc1ccccc1Oc1cc(O)ccc1O. The first-order valence-corrected chi connectivity index (χ1v) is 7.48. The van der Waals surface area contributed by atoms with Crippen molar-refractivity contribution in [3.05, 3.63) is 48.0 Å². The minimum atomic E-state index is 0.0218. The van der Waals surface area contributed by atoms with Crippen molar-refractivity contribution in [3.63, 3.8) is 0 Å². The summed E-state index contributed by atoms with van der Waals surface area (Å²) in [6.07, 6.45) is 5.75. The van der Waals surface area contributed by atoms with Gasteiger partial charge in [0.1, 0.15) is 11.5 Å². The summed E-state index contributed by atoms with van der Waals surface area (Å²) in [5.74, 6) is 1.10. The Hall–Kier alpha value is -2.16. The lowest BCUT2D eigenvalue weighted by atomic mass is 10.1. The number of unbranched alkanes of at least 4 members (excludes halogenated alkanes) is 3. The third-order valence-electron chi connectivity index (χ3n) is 3.44. The second kappa shape index (κ2) is 7.58. The van der Waals surface area contributed by atoms with Gasteiger partial charge in [-0.2, -0.15) is 0 Å². The fourth-order valence-corrected chi connectivity index (χ4v) is 2.26. The normalized spacial score (nSPS) is 10.5. The van der Waals surface area contributed by atoms with Crippen molar-refractivity contribution < 1.29 is 14.9 Å². The van der Waals surface area contributed by atoms with E-state index in [1.54, 1.807) is 0 Å². The maximum Gasteiger partial charge on any atom is 0.172 e. The van der Waals surface area contributed by atoms with Crippen LogP contribution >= 0.6 is 0 Å². The van der Waals surface area contributed by atoms with Crippen LogP contribution in [0.25, 0.3) is 0 Å². The van der Waals surface area contributed by atoms with Crippen LogP contribution in [0.1, 0.15) is 38.2 Å². The average molecular weight is 286 g/mol. The molecule has 0 aromatic heterocycles. The smallest absolute Gasteiger partial charge is 0.172 e. The van der Waals surface area contributed by atoms with Gasteiger partial charge in [-0.05, 0) is 36.6 Å². The Balaban J connectivity index is 2.10. The van der Waals surface area contributed by atoms with E-state index in [9.17, 15) is 10.2 Å². The van der Waals surface area contributed by atoms with Crippen molar-refractivity contribution in [2.75, 3.05) is 0 Å². The topological polar surface area (TPSA) is 49.7 Å². The van der Waals surface area contributed by atoms with Gasteiger partial charge >= 0.3 is 0 Å². The van der Waals surface area contributed by atoms with Crippen LogP contribution in [0.3, 0.4) is 0 Å². The summed E-state index contributed by atoms with van der Waals surface area (Å²) in [5.41, 5.74) is 1.12. The molecule has 0 aliphatic heterocycles. The summed E-state index contributed by atoms with van der Waals surface area (Å²) in [7, 11) is 0. The largest absolute Gasteiger partial charge is 0.508 e. The monoisotopic (exact) mass is 286 g/mol. The van der Waals surface area contributed by atoms with Gasteiger partial charge in [-0.3, -0.25) is 0 Å². The third-order valence-corrected chi connectivity index (χ3v) is 3.44. The second-order valence-electron chi connectivity index (χ2n) is 5.17. The Labute approximate surface area is 125 Å². The van der Waals surface area contributed by atoms with Crippen molar-refractivity contribution in [3.8, 4) is 23.0 Å². The summed E-state index contributed by atoms with van der Waals surface area (Å²) in [6.45, 7) is 2.20. The molecule has 0 atom stereocenters. The molecular weight excluding hydrogens is 264 g/mol. The fraction of sp³-hybridized carbons (Fsp3) is 0.333. The van der Waals surface area contributed by atoms with Crippen LogP contribution in [0, 0.1) is 0 Å². The quantitative estimate of drug-likeness (QED) is 0.555. The van der Waals surface area contributed by atoms with Gasteiger partial charge in [0.15, 0.2) is 11.5 Å². The van der Waals surface area contributed by atoms with Gasteiger partial charge in [0.2, 0.25) is 0 Å². The molecule has 2 aromatic rings. The standard InChI is InChI=1S/C18H22O3/c1-2-3-4-5-8-14-9-6-7-10-17(14)21-18-13-15(19)11-12-16(18)20/h6-7,9-13,19-20H,2-5,8H2,1H3. The fourth-order valence-electron chi connectivity index (χ4n) is 2.26. The van der Waals surface area contributed by atoms with Gasteiger partial charge in [0.05, 0.1) is 0 Å². The minimum Gasteiger partial charge on any atom is -0.508 e. The summed E-state index contributed by atoms with van der Waals surface area (Å²) < 4.78 is 5.77. The zero-order chi connectivity index (χ0) is 15.1. The lowest BCUT2D eigenvalue weighted by molar-refractivity contribution is 0.401. The van der Waals surface area contributed by atoms with E-state index in [4.69, 9.17) is 4.74 Å². The zero-order valence-corrected chi connectivity index (χ0v) is 12.4. The van der Waals surface area contributed by atoms with E-state index in [-0.39, 0.29) is 17.2 Å². The number of phenolic OH excluding ortho intramolecular Hbond substituents is 2. The molecular formula is C18H22O3. The predicted octanol–water partition coefficient (Wildman–Crippen LogP) is 5.01. The number of phenols is 2. The summed E-state index contributed by atoms with van der Waals surface area (Å²) in [6, 6.07) is 12.1. The highest BCUT2D eigenvalue weighted by atomic mass is 16.5. The highest BCUT2D eigenvalue weighted by Crippen LogP contribution is 2.35. The number of aromatic hydroxyl groups is 2. The van der Waals surface area contributed by atoms with Crippen LogP contribution in [0.5, 0.6) is 23.0 Å². The van der Waals surface area contributed by atoms with Crippen molar-refractivity contribution in [2.45, 2.75) is 39.0 Å². The maximum absolute atomic E-state index is 9.80. The number of hydrogen-bond acceptors (Lipinski definition) is 3. The Kier molecular flexibility index (Phi) is 5.50. The molecule has 2 rings (SSSR count). The summed E-state index contributed by atoms with van der Waals surface area (Å²) in [4.78, 5) is 0. The molecule has 0 saturated carbocycles. The molecule has 2 aromatic carbocycles.